The summed E-state index contributed by atoms with van der Waals surface area (Å²) < 4.78 is 5.15. The van der Waals surface area contributed by atoms with Crippen molar-refractivity contribution < 1.29 is 19.1 Å². The second-order valence-corrected chi connectivity index (χ2v) is 7.55. The summed E-state index contributed by atoms with van der Waals surface area (Å²) in [7, 11) is 0. The highest BCUT2D eigenvalue weighted by Gasteiger charge is 2.19. The van der Waals surface area contributed by atoms with E-state index in [9.17, 15) is 14.4 Å². The Morgan fingerprint density at radius 2 is 1.61 bits per heavy atom. The predicted octanol–water partition coefficient (Wildman–Crippen LogP) is 4.02. The average molecular weight is 382 g/mol. The number of alkyl carbamates (subject to hydrolysis) is 1. The first-order valence-corrected chi connectivity index (χ1v) is 9.13. The van der Waals surface area contributed by atoms with Gasteiger partial charge in [0.25, 0.3) is 0 Å². The van der Waals surface area contributed by atoms with Gasteiger partial charge in [-0.2, -0.15) is 0 Å². The van der Waals surface area contributed by atoms with Crippen molar-refractivity contribution in [1.82, 2.24) is 5.32 Å². The van der Waals surface area contributed by atoms with Gasteiger partial charge in [0.05, 0.1) is 5.92 Å². The fourth-order valence-electron chi connectivity index (χ4n) is 2.40. The predicted molar refractivity (Wildman–Crippen MR) is 108 cm³/mol. The molecule has 2 N–H and O–H groups in total. The molecule has 1 unspecified atom stereocenters. The Morgan fingerprint density at radius 1 is 0.964 bits per heavy atom. The Hall–Kier alpha value is -3.15. The van der Waals surface area contributed by atoms with E-state index in [1.165, 1.54) is 0 Å². The highest BCUT2D eigenvalue weighted by atomic mass is 16.6. The van der Waals surface area contributed by atoms with Gasteiger partial charge in [0.2, 0.25) is 5.91 Å². The first-order chi connectivity index (χ1) is 13.2. The summed E-state index contributed by atoms with van der Waals surface area (Å²) in [4.78, 5) is 36.6. The van der Waals surface area contributed by atoms with Crippen LogP contribution >= 0.6 is 0 Å². The van der Waals surface area contributed by atoms with Crippen molar-refractivity contribution in [3.8, 4) is 0 Å². The van der Waals surface area contributed by atoms with Crippen LogP contribution < -0.4 is 10.6 Å². The zero-order chi connectivity index (χ0) is 20.7. The molecule has 2 amide bonds. The molecule has 0 fully saturated rings. The minimum atomic E-state index is -0.596. The molecule has 0 aromatic heterocycles. The second-order valence-electron chi connectivity index (χ2n) is 7.55. The van der Waals surface area contributed by atoms with Crippen LogP contribution in [0.5, 0.6) is 0 Å². The SMILES string of the molecule is CC(CNC(=O)OC(C)(C)C)C(=O)Nc1cccc(C(=O)c2ccccc2)c1. The van der Waals surface area contributed by atoms with Gasteiger partial charge in [-0.05, 0) is 32.9 Å². The molecule has 0 aliphatic carbocycles. The maximum absolute atomic E-state index is 12.5. The zero-order valence-electron chi connectivity index (χ0n) is 16.6. The molecule has 0 bridgehead atoms. The number of benzene rings is 2. The van der Waals surface area contributed by atoms with Crippen molar-refractivity contribution in [1.29, 1.82) is 0 Å². The molecule has 6 heteroatoms. The van der Waals surface area contributed by atoms with Crippen molar-refractivity contribution in [3.05, 3.63) is 65.7 Å². The molecule has 0 radical (unpaired) electrons. The van der Waals surface area contributed by atoms with Gasteiger partial charge in [-0.3, -0.25) is 9.59 Å². The van der Waals surface area contributed by atoms with E-state index in [1.807, 2.05) is 6.07 Å². The minimum Gasteiger partial charge on any atom is -0.444 e. The molecule has 2 aromatic rings. The van der Waals surface area contributed by atoms with Crippen molar-refractivity contribution >= 4 is 23.5 Å². The van der Waals surface area contributed by atoms with E-state index in [0.29, 0.717) is 16.8 Å². The number of anilines is 1. The molecule has 0 saturated carbocycles. The molecule has 2 rings (SSSR count). The van der Waals surface area contributed by atoms with Crippen LogP contribution in [0.1, 0.15) is 43.6 Å². The Morgan fingerprint density at radius 3 is 2.25 bits per heavy atom. The summed E-state index contributed by atoms with van der Waals surface area (Å²) >= 11 is 0. The lowest BCUT2D eigenvalue weighted by Gasteiger charge is -2.20. The first kappa shape index (κ1) is 21.2. The third-order valence-electron chi connectivity index (χ3n) is 3.83. The number of hydrogen-bond donors (Lipinski definition) is 2. The van der Waals surface area contributed by atoms with Gasteiger partial charge < -0.3 is 15.4 Å². The Balaban J connectivity index is 1.95. The second kappa shape index (κ2) is 9.17. The van der Waals surface area contributed by atoms with E-state index in [-0.39, 0.29) is 18.2 Å². The number of carbonyl (C=O) groups excluding carboxylic acids is 3. The van der Waals surface area contributed by atoms with Gasteiger partial charge in [0, 0.05) is 23.4 Å². The third kappa shape index (κ3) is 6.54. The van der Waals surface area contributed by atoms with E-state index in [0.717, 1.165) is 0 Å². The van der Waals surface area contributed by atoms with Crippen LogP contribution in [0.3, 0.4) is 0 Å². The van der Waals surface area contributed by atoms with Crippen molar-refractivity contribution in [3.63, 3.8) is 0 Å². The van der Waals surface area contributed by atoms with Gasteiger partial charge in [-0.25, -0.2) is 4.79 Å². The molecule has 0 heterocycles. The number of hydrogen-bond acceptors (Lipinski definition) is 4. The summed E-state index contributed by atoms with van der Waals surface area (Å²) in [6.45, 7) is 7.15. The summed E-state index contributed by atoms with van der Waals surface area (Å²) in [6.07, 6.45) is -0.567. The monoisotopic (exact) mass is 382 g/mol. The van der Waals surface area contributed by atoms with Crippen LogP contribution in [-0.2, 0) is 9.53 Å². The molecule has 28 heavy (non-hydrogen) atoms. The third-order valence-corrected chi connectivity index (χ3v) is 3.83. The summed E-state index contributed by atoms with van der Waals surface area (Å²) in [5, 5.41) is 5.36. The lowest BCUT2D eigenvalue weighted by molar-refractivity contribution is -0.119. The van der Waals surface area contributed by atoms with Crippen LogP contribution in [0.25, 0.3) is 0 Å². The van der Waals surface area contributed by atoms with Crippen LogP contribution in [0.4, 0.5) is 10.5 Å². The van der Waals surface area contributed by atoms with Gasteiger partial charge in [0.1, 0.15) is 5.60 Å². The molecule has 0 aliphatic rings. The smallest absolute Gasteiger partial charge is 0.407 e. The first-order valence-electron chi connectivity index (χ1n) is 9.13. The van der Waals surface area contributed by atoms with Crippen LogP contribution in [0.2, 0.25) is 0 Å². The van der Waals surface area contributed by atoms with E-state index < -0.39 is 17.6 Å². The van der Waals surface area contributed by atoms with Gasteiger partial charge in [0.15, 0.2) is 5.78 Å². The summed E-state index contributed by atoms with van der Waals surface area (Å²) in [5.41, 5.74) is 1.00. The van der Waals surface area contributed by atoms with Crippen LogP contribution in [0.15, 0.2) is 54.6 Å². The molecule has 2 aromatic carbocycles. The summed E-state index contributed by atoms with van der Waals surface area (Å²) in [6, 6.07) is 15.7. The van der Waals surface area contributed by atoms with Crippen molar-refractivity contribution in [2.45, 2.75) is 33.3 Å². The zero-order valence-corrected chi connectivity index (χ0v) is 16.6. The topological polar surface area (TPSA) is 84.5 Å². The van der Waals surface area contributed by atoms with Crippen LogP contribution in [0, 0.1) is 5.92 Å². The Bertz CT molecular complexity index is 841. The number of ketones is 1. The fourth-order valence-corrected chi connectivity index (χ4v) is 2.40. The molecule has 0 aliphatic heterocycles. The molecular formula is C22H26N2O4. The maximum atomic E-state index is 12.5. The van der Waals surface area contributed by atoms with E-state index >= 15 is 0 Å². The quantitative estimate of drug-likeness (QED) is 0.739. The number of nitrogens with one attached hydrogen (secondary N) is 2. The van der Waals surface area contributed by atoms with Crippen LogP contribution in [-0.4, -0.2) is 29.9 Å². The molecule has 148 valence electrons. The maximum Gasteiger partial charge on any atom is 0.407 e. The average Bonchev–Trinajstić information content (AvgIpc) is 2.65. The van der Waals surface area contributed by atoms with E-state index in [1.54, 1.807) is 76.2 Å². The van der Waals surface area contributed by atoms with E-state index in [4.69, 9.17) is 4.74 Å². The number of ether oxygens (including phenoxy) is 1. The van der Waals surface area contributed by atoms with Gasteiger partial charge in [-0.1, -0.05) is 49.4 Å². The molecule has 0 saturated heterocycles. The largest absolute Gasteiger partial charge is 0.444 e. The number of carbonyl (C=O) groups is 3. The number of amides is 2. The normalized spacial score (nSPS) is 12.0. The molecule has 0 spiro atoms. The van der Waals surface area contributed by atoms with E-state index in [2.05, 4.69) is 10.6 Å². The minimum absolute atomic E-state index is 0.115. The lowest BCUT2D eigenvalue weighted by Crippen LogP contribution is -2.37. The molecule has 1 atom stereocenters. The van der Waals surface area contributed by atoms with Gasteiger partial charge >= 0.3 is 6.09 Å². The van der Waals surface area contributed by atoms with Crippen molar-refractivity contribution in [2.24, 2.45) is 5.92 Å². The van der Waals surface area contributed by atoms with Crippen molar-refractivity contribution in [2.75, 3.05) is 11.9 Å². The van der Waals surface area contributed by atoms with Gasteiger partial charge in [-0.15, -0.1) is 0 Å². The number of rotatable bonds is 6. The highest BCUT2D eigenvalue weighted by Crippen LogP contribution is 2.16. The Kier molecular flexibility index (Phi) is 6.93. The molecule has 6 nitrogen and oxygen atoms in total. The standard InChI is InChI=1S/C22H26N2O4/c1-15(14-23-21(27)28-22(2,3)4)20(26)24-18-12-8-11-17(13-18)19(25)16-9-6-5-7-10-16/h5-13,15H,14H2,1-4H3,(H,23,27)(H,24,26). The fraction of sp³-hybridized carbons (Fsp3) is 0.318. The molecular weight excluding hydrogens is 356 g/mol. The highest BCUT2D eigenvalue weighted by molar-refractivity contribution is 6.09. The summed E-state index contributed by atoms with van der Waals surface area (Å²) in [5.74, 6) is -0.849. The Labute approximate surface area is 165 Å². The lowest BCUT2D eigenvalue weighted by atomic mass is 10.0.